The first-order chi connectivity index (χ1) is 5.85. The van der Waals surface area contributed by atoms with Gasteiger partial charge in [-0.3, -0.25) is 0 Å². The fraction of sp³-hybridized carbons (Fsp3) is 0.833. The maximum atomic E-state index is 3.96. The third-order valence-electron chi connectivity index (χ3n) is 2.60. The molecule has 0 rings (SSSR count). The third-order valence-corrected chi connectivity index (χ3v) is 2.60. The Balaban J connectivity index is 3.06. The molecule has 72 valence electrons. The molecule has 0 aliphatic carbocycles. The molecule has 0 aliphatic heterocycles. The van der Waals surface area contributed by atoms with Crippen molar-refractivity contribution in [2.45, 2.75) is 58.3 Å². The Morgan fingerprint density at radius 2 is 1.67 bits per heavy atom. The van der Waals surface area contributed by atoms with Crippen molar-refractivity contribution >= 4 is 0 Å². The molecular formula is C12H24. The maximum absolute atomic E-state index is 3.96. The molecule has 0 aromatic rings. The van der Waals surface area contributed by atoms with E-state index < -0.39 is 0 Å². The zero-order chi connectivity index (χ0) is 9.23. The van der Waals surface area contributed by atoms with Crippen molar-refractivity contribution in [1.82, 2.24) is 0 Å². The summed E-state index contributed by atoms with van der Waals surface area (Å²) in [7, 11) is 0. The fourth-order valence-corrected chi connectivity index (χ4v) is 1.52. The molecule has 0 saturated heterocycles. The van der Waals surface area contributed by atoms with Gasteiger partial charge in [-0.15, -0.1) is 0 Å². The maximum Gasteiger partial charge on any atom is -0.0417 e. The first kappa shape index (κ1) is 12.0. The van der Waals surface area contributed by atoms with Crippen LogP contribution in [0.4, 0.5) is 0 Å². The summed E-state index contributed by atoms with van der Waals surface area (Å²) < 4.78 is 0. The van der Waals surface area contributed by atoms with Crippen LogP contribution in [-0.2, 0) is 0 Å². The molecule has 1 atom stereocenters. The average molecular weight is 168 g/mol. The summed E-state index contributed by atoms with van der Waals surface area (Å²) in [5.41, 5.74) is 0. The van der Waals surface area contributed by atoms with Crippen LogP contribution in [0.5, 0.6) is 0 Å². The summed E-state index contributed by atoms with van der Waals surface area (Å²) in [5, 5.41) is 0. The van der Waals surface area contributed by atoms with Crippen molar-refractivity contribution in [2.75, 3.05) is 0 Å². The van der Waals surface area contributed by atoms with E-state index in [-0.39, 0.29) is 0 Å². The minimum absolute atomic E-state index is 0.879. The van der Waals surface area contributed by atoms with E-state index >= 15 is 0 Å². The van der Waals surface area contributed by atoms with Crippen LogP contribution in [0, 0.1) is 19.8 Å². The van der Waals surface area contributed by atoms with Crippen LogP contribution < -0.4 is 0 Å². The smallest absolute Gasteiger partial charge is 0.0417 e. The lowest BCUT2D eigenvalue weighted by molar-refractivity contribution is 0.443. The fourth-order valence-electron chi connectivity index (χ4n) is 1.52. The molecule has 0 nitrogen and oxygen atoms in total. The van der Waals surface area contributed by atoms with Gasteiger partial charge in [-0.1, -0.05) is 72.1 Å². The van der Waals surface area contributed by atoms with Crippen molar-refractivity contribution in [3.05, 3.63) is 13.8 Å². The number of unbranched alkanes of at least 4 members (excludes halogenated alkanes) is 4. The Labute approximate surface area is 78.8 Å². The molecule has 0 saturated carbocycles. The predicted octanol–water partition coefficient (Wildman–Crippen LogP) is 4.41. The molecule has 0 heteroatoms. The molecule has 0 aliphatic rings. The van der Waals surface area contributed by atoms with Gasteiger partial charge >= 0.3 is 0 Å². The molecular weight excluding hydrogens is 144 g/mol. The Morgan fingerprint density at radius 3 is 2.17 bits per heavy atom. The van der Waals surface area contributed by atoms with E-state index in [0.29, 0.717) is 0 Å². The highest BCUT2D eigenvalue weighted by atomic mass is 14.1. The third kappa shape index (κ3) is 6.69. The summed E-state index contributed by atoms with van der Waals surface area (Å²) in [6.07, 6.45) is 10.4. The lowest BCUT2D eigenvalue weighted by Gasteiger charge is -2.10. The van der Waals surface area contributed by atoms with Gasteiger partial charge in [0.25, 0.3) is 0 Å². The second kappa shape index (κ2) is 9.09. The summed E-state index contributed by atoms with van der Waals surface area (Å²) >= 11 is 0. The standard InChI is InChI=1S/C12H24/c1-4-7-8-9-10-11-12(5-2)6-3/h12H,1-2,4-11H2,3H3. The van der Waals surface area contributed by atoms with Crippen molar-refractivity contribution in [3.8, 4) is 0 Å². The highest BCUT2D eigenvalue weighted by Gasteiger charge is 2.01. The Bertz CT molecular complexity index is 72.1. The first-order valence-corrected chi connectivity index (χ1v) is 5.43. The van der Waals surface area contributed by atoms with Crippen LogP contribution in [0.3, 0.4) is 0 Å². The van der Waals surface area contributed by atoms with E-state index in [4.69, 9.17) is 0 Å². The van der Waals surface area contributed by atoms with Crippen molar-refractivity contribution < 1.29 is 0 Å². The van der Waals surface area contributed by atoms with E-state index in [1.165, 1.54) is 38.5 Å². The van der Waals surface area contributed by atoms with Crippen molar-refractivity contribution in [1.29, 1.82) is 0 Å². The summed E-state index contributed by atoms with van der Waals surface area (Å²) in [4.78, 5) is 0. The van der Waals surface area contributed by atoms with Crippen LogP contribution in [-0.4, -0.2) is 0 Å². The normalized spacial score (nSPS) is 11.0. The molecule has 0 fully saturated rings. The highest BCUT2D eigenvalue weighted by Crippen LogP contribution is 2.16. The van der Waals surface area contributed by atoms with Crippen LogP contribution in [0.15, 0.2) is 0 Å². The van der Waals surface area contributed by atoms with Crippen LogP contribution >= 0.6 is 0 Å². The first-order valence-electron chi connectivity index (χ1n) is 5.43. The molecule has 0 aromatic heterocycles. The lowest BCUT2D eigenvalue weighted by atomic mass is 9.96. The van der Waals surface area contributed by atoms with Gasteiger partial charge in [-0.2, -0.15) is 0 Å². The van der Waals surface area contributed by atoms with Crippen molar-refractivity contribution in [3.63, 3.8) is 0 Å². The molecule has 0 bridgehead atoms. The number of rotatable bonds is 8. The average Bonchev–Trinajstić information content (AvgIpc) is 2.11. The topological polar surface area (TPSA) is 0 Å². The van der Waals surface area contributed by atoms with E-state index in [2.05, 4.69) is 20.8 Å². The number of hydrogen-bond donors (Lipinski definition) is 0. The summed E-state index contributed by atoms with van der Waals surface area (Å²) in [5.74, 6) is 0.879. The van der Waals surface area contributed by atoms with Crippen LogP contribution in [0.2, 0.25) is 0 Å². The van der Waals surface area contributed by atoms with Gasteiger partial charge in [0.2, 0.25) is 0 Å². The Morgan fingerprint density at radius 1 is 1.00 bits per heavy atom. The monoisotopic (exact) mass is 168 g/mol. The van der Waals surface area contributed by atoms with Gasteiger partial charge in [0, 0.05) is 0 Å². The van der Waals surface area contributed by atoms with Gasteiger partial charge in [0.1, 0.15) is 0 Å². The summed E-state index contributed by atoms with van der Waals surface area (Å²) in [6.45, 7) is 10.1. The minimum atomic E-state index is 0.879. The lowest BCUT2D eigenvalue weighted by Crippen LogP contribution is -1.96. The molecule has 0 aromatic carbocycles. The molecule has 0 heterocycles. The minimum Gasteiger partial charge on any atom is -0.0651 e. The largest absolute Gasteiger partial charge is 0.0651 e. The molecule has 0 spiro atoms. The van der Waals surface area contributed by atoms with E-state index in [1.54, 1.807) is 0 Å². The van der Waals surface area contributed by atoms with Crippen LogP contribution in [0.1, 0.15) is 58.3 Å². The zero-order valence-electron chi connectivity index (χ0n) is 8.65. The second-order valence-corrected chi connectivity index (χ2v) is 3.62. The van der Waals surface area contributed by atoms with Crippen molar-refractivity contribution in [2.24, 2.45) is 5.92 Å². The van der Waals surface area contributed by atoms with E-state index in [1.807, 2.05) is 0 Å². The molecule has 2 radical (unpaired) electrons. The molecule has 0 N–H and O–H groups in total. The Kier molecular flexibility index (Phi) is 9.09. The van der Waals surface area contributed by atoms with E-state index in [0.717, 1.165) is 18.8 Å². The Hall–Kier alpha value is 0. The quantitative estimate of drug-likeness (QED) is 0.471. The van der Waals surface area contributed by atoms with Gasteiger partial charge in [-0.05, 0) is 5.92 Å². The molecule has 0 amide bonds. The van der Waals surface area contributed by atoms with Gasteiger partial charge in [0.15, 0.2) is 0 Å². The molecule has 12 heavy (non-hydrogen) atoms. The van der Waals surface area contributed by atoms with E-state index in [9.17, 15) is 0 Å². The van der Waals surface area contributed by atoms with Gasteiger partial charge in [-0.25, -0.2) is 0 Å². The predicted molar refractivity (Wildman–Crippen MR) is 56.8 cm³/mol. The van der Waals surface area contributed by atoms with Crippen LogP contribution in [0.25, 0.3) is 0 Å². The second-order valence-electron chi connectivity index (χ2n) is 3.62. The zero-order valence-corrected chi connectivity index (χ0v) is 8.65. The summed E-state index contributed by atoms with van der Waals surface area (Å²) in [6, 6.07) is 0. The molecule has 1 unspecified atom stereocenters. The highest BCUT2D eigenvalue weighted by molar-refractivity contribution is 4.58. The van der Waals surface area contributed by atoms with Gasteiger partial charge in [0.05, 0.1) is 0 Å². The SMILES string of the molecule is [CH2]CCCCCCC(C[CH2])CC. The van der Waals surface area contributed by atoms with Gasteiger partial charge < -0.3 is 0 Å². The number of hydrogen-bond acceptors (Lipinski definition) is 0.